The Kier molecular flexibility index (Phi) is 4.71. The summed E-state index contributed by atoms with van der Waals surface area (Å²) in [5.74, 6) is 0.702. The molecule has 0 N–H and O–H groups in total. The number of para-hydroxylation sites is 1. The minimum Gasteiger partial charge on any atom is -0.356 e. The van der Waals surface area contributed by atoms with Crippen LogP contribution < -0.4 is 4.90 Å². The molecule has 2 aliphatic rings. The molecule has 1 aliphatic carbocycles. The van der Waals surface area contributed by atoms with Gasteiger partial charge in [0.15, 0.2) is 11.4 Å². The van der Waals surface area contributed by atoms with Gasteiger partial charge < -0.3 is 9.42 Å². The van der Waals surface area contributed by atoms with Gasteiger partial charge in [0, 0.05) is 31.6 Å². The third-order valence-corrected chi connectivity index (χ3v) is 7.57. The van der Waals surface area contributed by atoms with Crippen LogP contribution in [0.4, 0.5) is 5.82 Å². The minimum atomic E-state index is -3.47. The number of aryl methyl sites for hydroxylation is 2. The number of sulfonamides is 1. The third kappa shape index (κ3) is 3.60. The van der Waals surface area contributed by atoms with Gasteiger partial charge in [-0.3, -0.25) is 0 Å². The lowest BCUT2D eigenvalue weighted by Gasteiger charge is -2.34. The van der Waals surface area contributed by atoms with Crippen molar-refractivity contribution in [1.29, 1.82) is 0 Å². The number of benzene rings is 1. The van der Waals surface area contributed by atoms with Crippen molar-refractivity contribution in [2.45, 2.75) is 31.4 Å². The van der Waals surface area contributed by atoms with E-state index in [1.807, 2.05) is 18.2 Å². The second kappa shape index (κ2) is 7.38. The number of rotatable bonds is 4. The van der Waals surface area contributed by atoms with E-state index in [9.17, 15) is 8.42 Å². The van der Waals surface area contributed by atoms with E-state index in [1.165, 1.54) is 18.4 Å². The maximum atomic E-state index is 12.9. The van der Waals surface area contributed by atoms with Crippen molar-refractivity contribution >= 4 is 26.8 Å². The zero-order chi connectivity index (χ0) is 19.8. The zero-order valence-corrected chi connectivity index (χ0v) is 16.9. The van der Waals surface area contributed by atoms with E-state index in [0.29, 0.717) is 37.5 Å². The molecule has 152 valence electrons. The monoisotopic (exact) mass is 413 g/mol. The van der Waals surface area contributed by atoms with Crippen LogP contribution in [0.3, 0.4) is 0 Å². The summed E-state index contributed by atoms with van der Waals surface area (Å²) >= 11 is 0. The molecule has 1 aliphatic heterocycles. The Bertz CT molecular complexity index is 1140. The molecular weight excluding hydrogens is 390 g/mol. The van der Waals surface area contributed by atoms with Gasteiger partial charge in [0.25, 0.3) is 0 Å². The highest BCUT2D eigenvalue weighted by Crippen LogP contribution is 2.25. The van der Waals surface area contributed by atoms with Gasteiger partial charge in [-0.15, -0.1) is 5.10 Å². The van der Waals surface area contributed by atoms with Crippen molar-refractivity contribution in [2.24, 2.45) is 0 Å². The van der Waals surface area contributed by atoms with E-state index in [4.69, 9.17) is 4.52 Å². The molecule has 1 aromatic carbocycles. The first-order valence-corrected chi connectivity index (χ1v) is 11.6. The number of hydrogen-bond donors (Lipinski definition) is 0. The maximum absolute atomic E-state index is 12.9. The van der Waals surface area contributed by atoms with Gasteiger partial charge in [-0.1, -0.05) is 17.3 Å². The van der Waals surface area contributed by atoms with Crippen LogP contribution in [-0.2, 0) is 28.6 Å². The number of fused-ring (bicyclic) bond motifs is 2. The summed E-state index contributed by atoms with van der Waals surface area (Å²) in [6.45, 7) is 2.06. The van der Waals surface area contributed by atoms with E-state index >= 15 is 0 Å². The van der Waals surface area contributed by atoms with Crippen LogP contribution in [0.15, 0.2) is 34.9 Å². The number of anilines is 1. The molecule has 0 unspecified atom stereocenters. The number of hydrogen-bond acceptors (Lipinski definition) is 7. The Hall–Kier alpha value is -2.52. The lowest BCUT2D eigenvalue weighted by Crippen LogP contribution is -2.49. The van der Waals surface area contributed by atoms with Gasteiger partial charge in [-0.05, 0) is 49.4 Å². The summed E-state index contributed by atoms with van der Waals surface area (Å²) in [4.78, 5) is 2.12. The van der Waals surface area contributed by atoms with Crippen LogP contribution in [-0.4, -0.2) is 54.3 Å². The summed E-state index contributed by atoms with van der Waals surface area (Å²) in [5, 5.41) is 13.5. The van der Waals surface area contributed by atoms with E-state index < -0.39 is 10.0 Å². The Morgan fingerprint density at radius 3 is 2.66 bits per heavy atom. The molecule has 0 amide bonds. The Labute approximate surface area is 169 Å². The van der Waals surface area contributed by atoms with Crippen molar-refractivity contribution in [2.75, 3.05) is 31.1 Å². The second-order valence-electron chi connectivity index (χ2n) is 7.65. The summed E-state index contributed by atoms with van der Waals surface area (Å²) in [6, 6.07) is 9.45. The molecule has 9 heteroatoms. The molecule has 0 saturated carbocycles. The van der Waals surface area contributed by atoms with Gasteiger partial charge in [0.1, 0.15) is 11.4 Å². The molecule has 5 rings (SSSR count). The second-order valence-corrected chi connectivity index (χ2v) is 9.62. The number of piperazine rings is 1. The third-order valence-electron chi connectivity index (χ3n) is 5.78. The van der Waals surface area contributed by atoms with E-state index in [0.717, 1.165) is 29.7 Å². The summed E-state index contributed by atoms with van der Waals surface area (Å²) in [7, 11) is -3.47. The molecule has 2 aromatic heterocycles. The lowest BCUT2D eigenvalue weighted by atomic mass is 9.97. The van der Waals surface area contributed by atoms with Crippen LogP contribution in [0.1, 0.15) is 29.8 Å². The topological polar surface area (TPSA) is 92.4 Å². The summed E-state index contributed by atoms with van der Waals surface area (Å²) < 4.78 is 32.6. The molecule has 0 radical (unpaired) electrons. The Morgan fingerprint density at radius 1 is 1.00 bits per heavy atom. The van der Waals surface area contributed by atoms with Crippen molar-refractivity contribution in [1.82, 2.24) is 19.7 Å². The quantitative estimate of drug-likeness (QED) is 0.647. The Morgan fingerprint density at radius 2 is 1.79 bits per heavy atom. The first kappa shape index (κ1) is 18.5. The standard InChI is InChI=1S/C20H23N5O3S/c26-29(27,14-18-16-6-2-4-8-19(16)28-23-18)25-11-9-24(10-12-25)20-13-15-5-1-3-7-17(15)21-22-20/h2,4,6,8,13H,1,3,5,7,9-12,14H2. The summed E-state index contributed by atoms with van der Waals surface area (Å²) in [5.41, 5.74) is 3.47. The molecule has 3 aromatic rings. The van der Waals surface area contributed by atoms with Gasteiger partial charge in [-0.2, -0.15) is 9.40 Å². The number of aromatic nitrogens is 3. The van der Waals surface area contributed by atoms with Crippen LogP contribution >= 0.6 is 0 Å². The van der Waals surface area contributed by atoms with Crippen LogP contribution in [0.5, 0.6) is 0 Å². The van der Waals surface area contributed by atoms with Crippen molar-refractivity contribution in [3.05, 3.63) is 47.3 Å². The normalized spacial score (nSPS) is 18.1. The molecule has 29 heavy (non-hydrogen) atoms. The lowest BCUT2D eigenvalue weighted by molar-refractivity contribution is 0.381. The predicted octanol–water partition coefficient (Wildman–Crippen LogP) is 2.15. The fourth-order valence-electron chi connectivity index (χ4n) is 4.13. The minimum absolute atomic E-state index is 0.150. The molecule has 1 fully saturated rings. The zero-order valence-electron chi connectivity index (χ0n) is 16.1. The molecule has 1 saturated heterocycles. The average molecular weight is 414 g/mol. The molecule has 8 nitrogen and oxygen atoms in total. The first-order chi connectivity index (χ1) is 14.1. The van der Waals surface area contributed by atoms with Gasteiger partial charge in [-0.25, -0.2) is 8.42 Å². The fourth-order valence-corrected chi connectivity index (χ4v) is 5.59. The Balaban J connectivity index is 1.27. The smallest absolute Gasteiger partial charge is 0.220 e. The van der Waals surface area contributed by atoms with Gasteiger partial charge >= 0.3 is 0 Å². The molecule has 3 heterocycles. The fraction of sp³-hybridized carbons (Fsp3) is 0.450. The van der Waals surface area contributed by atoms with E-state index in [2.05, 4.69) is 26.3 Å². The molecule has 0 bridgehead atoms. The van der Waals surface area contributed by atoms with E-state index in [1.54, 1.807) is 10.4 Å². The van der Waals surface area contributed by atoms with Gasteiger partial charge in [0.05, 0.1) is 5.69 Å². The highest BCUT2D eigenvalue weighted by atomic mass is 32.2. The van der Waals surface area contributed by atoms with Crippen molar-refractivity contribution in [3.8, 4) is 0 Å². The average Bonchev–Trinajstić information content (AvgIpc) is 3.16. The molecular formula is C20H23N5O3S. The maximum Gasteiger partial charge on any atom is 0.220 e. The van der Waals surface area contributed by atoms with Crippen LogP contribution in [0.2, 0.25) is 0 Å². The SMILES string of the molecule is O=S(=O)(Cc1noc2ccccc12)N1CCN(c2cc3c(nn2)CCCC3)CC1. The highest BCUT2D eigenvalue weighted by Gasteiger charge is 2.29. The molecule has 0 spiro atoms. The van der Waals surface area contributed by atoms with Crippen LogP contribution in [0, 0.1) is 0 Å². The number of nitrogens with zero attached hydrogens (tertiary/aromatic N) is 5. The van der Waals surface area contributed by atoms with Crippen LogP contribution in [0.25, 0.3) is 11.0 Å². The van der Waals surface area contributed by atoms with Gasteiger partial charge in [0.2, 0.25) is 10.0 Å². The largest absolute Gasteiger partial charge is 0.356 e. The first-order valence-electron chi connectivity index (χ1n) is 10.0. The summed E-state index contributed by atoms with van der Waals surface area (Å²) in [6.07, 6.45) is 4.43. The highest BCUT2D eigenvalue weighted by molar-refractivity contribution is 7.88. The van der Waals surface area contributed by atoms with Crippen molar-refractivity contribution in [3.63, 3.8) is 0 Å². The predicted molar refractivity (Wildman–Crippen MR) is 109 cm³/mol. The van der Waals surface area contributed by atoms with E-state index in [-0.39, 0.29) is 5.75 Å². The van der Waals surface area contributed by atoms with Crippen molar-refractivity contribution < 1.29 is 12.9 Å². The molecule has 0 atom stereocenters.